The minimum absolute atomic E-state index is 0.0186. The molecule has 2 heterocycles. The number of phenols is 1. The Morgan fingerprint density at radius 2 is 2.25 bits per heavy atom. The molecule has 5 nitrogen and oxygen atoms in total. The Morgan fingerprint density at radius 3 is 3.00 bits per heavy atom. The number of amides is 1. The lowest BCUT2D eigenvalue weighted by Gasteiger charge is -2.30. The van der Waals surface area contributed by atoms with E-state index in [1.54, 1.807) is 12.1 Å². The highest BCUT2D eigenvalue weighted by Gasteiger charge is 2.34. The quantitative estimate of drug-likeness (QED) is 0.837. The number of aromatic hydroxyl groups is 1. The summed E-state index contributed by atoms with van der Waals surface area (Å²) in [5, 5.41) is 9.55. The van der Waals surface area contributed by atoms with Gasteiger partial charge in [-0.2, -0.15) is 0 Å². The molecule has 1 aromatic carbocycles. The van der Waals surface area contributed by atoms with Crippen molar-refractivity contribution >= 4 is 5.91 Å². The minimum atomic E-state index is -0.345. The van der Waals surface area contributed by atoms with Gasteiger partial charge in [-0.25, -0.2) is 0 Å². The van der Waals surface area contributed by atoms with E-state index in [0.717, 1.165) is 24.8 Å². The Hall–Kier alpha value is -1.59. The molecule has 0 spiro atoms. The molecule has 2 atom stereocenters. The molecule has 0 radical (unpaired) electrons. The van der Waals surface area contributed by atoms with Crippen LogP contribution in [0.3, 0.4) is 0 Å². The molecule has 0 aliphatic carbocycles. The first-order chi connectivity index (χ1) is 9.67. The third kappa shape index (κ3) is 2.51. The van der Waals surface area contributed by atoms with E-state index >= 15 is 0 Å². The second kappa shape index (κ2) is 5.42. The van der Waals surface area contributed by atoms with Gasteiger partial charge in [0.05, 0.1) is 6.10 Å². The van der Waals surface area contributed by atoms with Crippen molar-refractivity contribution in [1.29, 1.82) is 0 Å². The fourth-order valence-corrected chi connectivity index (χ4v) is 3.00. The summed E-state index contributed by atoms with van der Waals surface area (Å²) < 4.78 is 5.67. The van der Waals surface area contributed by atoms with Gasteiger partial charge in [0.25, 0.3) is 5.91 Å². The van der Waals surface area contributed by atoms with Gasteiger partial charge in [-0.1, -0.05) is 6.07 Å². The van der Waals surface area contributed by atoms with E-state index in [4.69, 9.17) is 10.5 Å². The Bertz CT molecular complexity index is 518. The highest BCUT2D eigenvalue weighted by molar-refractivity contribution is 5.81. The summed E-state index contributed by atoms with van der Waals surface area (Å²) in [7, 11) is 0. The highest BCUT2D eigenvalue weighted by Crippen LogP contribution is 2.26. The minimum Gasteiger partial charge on any atom is -0.508 e. The molecule has 20 heavy (non-hydrogen) atoms. The second-order valence-corrected chi connectivity index (χ2v) is 5.52. The number of fused-ring (bicyclic) bond motifs is 1. The predicted molar refractivity (Wildman–Crippen MR) is 74.2 cm³/mol. The van der Waals surface area contributed by atoms with Crippen molar-refractivity contribution in [3.8, 4) is 5.75 Å². The van der Waals surface area contributed by atoms with E-state index in [2.05, 4.69) is 0 Å². The van der Waals surface area contributed by atoms with Crippen LogP contribution in [0.1, 0.15) is 24.0 Å². The van der Waals surface area contributed by atoms with Crippen molar-refractivity contribution in [2.75, 3.05) is 13.1 Å². The van der Waals surface area contributed by atoms with Gasteiger partial charge < -0.3 is 20.5 Å². The van der Waals surface area contributed by atoms with E-state index in [1.807, 2.05) is 11.0 Å². The van der Waals surface area contributed by atoms with Crippen molar-refractivity contribution in [3.63, 3.8) is 0 Å². The number of carbonyl (C=O) groups is 1. The van der Waals surface area contributed by atoms with Gasteiger partial charge in [-0.05, 0) is 42.5 Å². The summed E-state index contributed by atoms with van der Waals surface area (Å²) in [4.78, 5) is 14.3. The van der Waals surface area contributed by atoms with Crippen LogP contribution >= 0.6 is 0 Å². The van der Waals surface area contributed by atoms with Crippen LogP contribution in [0.15, 0.2) is 18.2 Å². The normalized spacial score (nSPS) is 25.6. The number of nitrogens with zero attached hydrogens (tertiary/aromatic N) is 1. The summed E-state index contributed by atoms with van der Waals surface area (Å²) in [6.07, 6.45) is 2.11. The van der Waals surface area contributed by atoms with Crippen LogP contribution in [0, 0.1) is 0 Å². The van der Waals surface area contributed by atoms with E-state index in [-0.39, 0.29) is 23.9 Å². The standard InChI is InChI=1S/C15H20N2O3/c16-8-13-3-4-14(20-13)15(19)17-6-5-10-1-2-12(18)7-11(10)9-17/h1-2,7,13-14,18H,3-6,8-9,16H2. The van der Waals surface area contributed by atoms with Crippen LogP contribution in [0.4, 0.5) is 0 Å². The Kier molecular flexibility index (Phi) is 3.63. The van der Waals surface area contributed by atoms with Gasteiger partial charge in [-0.15, -0.1) is 0 Å². The fraction of sp³-hybridized carbons (Fsp3) is 0.533. The van der Waals surface area contributed by atoms with Gasteiger partial charge in [0.15, 0.2) is 0 Å². The van der Waals surface area contributed by atoms with Crippen LogP contribution in [-0.4, -0.2) is 41.2 Å². The van der Waals surface area contributed by atoms with Gasteiger partial charge in [-0.3, -0.25) is 4.79 Å². The third-order valence-electron chi connectivity index (χ3n) is 4.16. The summed E-state index contributed by atoms with van der Waals surface area (Å²) in [6.45, 7) is 1.74. The molecule has 0 bridgehead atoms. The number of phenolic OH excluding ortho intramolecular Hbond substituents is 1. The number of hydrogen-bond donors (Lipinski definition) is 2. The number of carbonyl (C=O) groups excluding carboxylic acids is 1. The average Bonchev–Trinajstić information content (AvgIpc) is 2.94. The van der Waals surface area contributed by atoms with Gasteiger partial charge in [0.2, 0.25) is 0 Å². The first kappa shape index (κ1) is 13.4. The second-order valence-electron chi connectivity index (χ2n) is 5.52. The number of nitrogens with two attached hydrogens (primary N) is 1. The maximum Gasteiger partial charge on any atom is 0.252 e. The lowest BCUT2D eigenvalue weighted by Crippen LogP contribution is -2.42. The summed E-state index contributed by atoms with van der Waals surface area (Å²) in [5.41, 5.74) is 7.81. The zero-order chi connectivity index (χ0) is 14.1. The molecule has 1 fully saturated rings. The molecule has 0 saturated carbocycles. The Morgan fingerprint density at radius 1 is 1.40 bits per heavy atom. The monoisotopic (exact) mass is 276 g/mol. The van der Waals surface area contributed by atoms with Gasteiger partial charge >= 0.3 is 0 Å². The SMILES string of the molecule is NCC1CCC(C(=O)N2CCc3ccc(O)cc3C2)O1. The van der Waals surface area contributed by atoms with Crippen molar-refractivity contribution in [2.24, 2.45) is 5.73 Å². The summed E-state index contributed by atoms with van der Waals surface area (Å²) >= 11 is 0. The number of ether oxygens (including phenoxy) is 1. The fourth-order valence-electron chi connectivity index (χ4n) is 3.00. The largest absolute Gasteiger partial charge is 0.508 e. The number of hydrogen-bond acceptors (Lipinski definition) is 4. The van der Waals surface area contributed by atoms with Crippen molar-refractivity contribution in [2.45, 2.75) is 38.0 Å². The van der Waals surface area contributed by atoms with Crippen molar-refractivity contribution in [3.05, 3.63) is 29.3 Å². The number of benzene rings is 1. The van der Waals surface area contributed by atoms with Crippen LogP contribution < -0.4 is 5.73 Å². The maximum absolute atomic E-state index is 12.5. The lowest BCUT2D eigenvalue weighted by molar-refractivity contribution is -0.143. The highest BCUT2D eigenvalue weighted by atomic mass is 16.5. The predicted octanol–water partition coefficient (Wildman–Crippen LogP) is 0.783. The molecule has 108 valence electrons. The van der Waals surface area contributed by atoms with Crippen LogP contribution in [0.25, 0.3) is 0 Å². The molecule has 1 aromatic rings. The number of rotatable bonds is 2. The summed E-state index contributed by atoms with van der Waals surface area (Å²) in [5.74, 6) is 0.299. The van der Waals surface area contributed by atoms with Crippen molar-refractivity contribution < 1.29 is 14.6 Å². The van der Waals surface area contributed by atoms with Crippen LogP contribution in [0.5, 0.6) is 5.75 Å². The topological polar surface area (TPSA) is 75.8 Å². The zero-order valence-corrected chi connectivity index (χ0v) is 11.4. The molecule has 2 unspecified atom stereocenters. The Balaban J connectivity index is 1.69. The first-order valence-electron chi connectivity index (χ1n) is 7.12. The lowest BCUT2D eigenvalue weighted by atomic mass is 9.99. The maximum atomic E-state index is 12.5. The molecule has 5 heteroatoms. The zero-order valence-electron chi connectivity index (χ0n) is 11.4. The van der Waals surface area contributed by atoms with Crippen molar-refractivity contribution in [1.82, 2.24) is 4.90 Å². The molecule has 2 aliphatic heterocycles. The molecule has 3 rings (SSSR count). The summed E-state index contributed by atoms with van der Waals surface area (Å²) in [6, 6.07) is 5.37. The molecule has 2 aliphatic rings. The molecule has 0 aromatic heterocycles. The van der Waals surface area contributed by atoms with Crippen LogP contribution in [-0.2, 0) is 22.5 Å². The molecule has 1 amide bonds. The van der Waals surface area contributed by atoms with E-state index in [0.29, 0.717) is 19.6 Å². The Labute approximate surface area is 118 Å². The van der Waals surface area contributed by atoms with E-state index in [9.17, 15) is 9.90 Å². The van der Waals surface area contributed by atoms with Crippen LogP contribution in [0.2, 0.25) is 0 Å². The molecule has 1 saturated heterocycles. The molecular formula is C15H20N2O3. The third-order valence-corrected chi connectivity index (χ3v) is 4.16. The first-order valence-corrected chi connectivity index (χ1v) is 7.12. The van der Waals surface area contributed by atoms with Gasteiger partial charge in [0.1, 0.15) is 11.9 Å². The van der Waals surface area contributed by atoms with E-state index in [1.165, 1.54) is 5.56 Å². The average molecular weight is 276 g/mol. The molecular weight excluding hydrogens is 256 g/mol. The molecule has 3 N–H and O–H groups in total. The van der Waals surface area contributed by atoms with Gasteiger partial charge in [0, 0.05) is 19.6 Å². The smallest absolute Gasteiger partial charge is 0.252 e. The van der Waals surface area contributed by atoms with E-state index < -0.39 is 0 Å².